The Morgan fingerprint density at radius 2 is 2.00 bits per heavy atom. The molecule has 0 saturated carbocycles. The second kappa shape index (κ2) is 10.8. The van der Waals surface area contributed by atoms with Gasteiger partial charge in [-0.05, 0) is 31.2 Å². The highest BCUT2D eigenvalue weighted by Gasteiger charge is 2.10. The Morgan fingerprint density at radius 3 is 2.67 bits per heavy atom. The Kier molecular flexibility index (Phi) is 8.70. The molecule has 0 bridgehead atoms. The number of benzene rings is 1. The first-order valence-electron chi connectivity index (χ1n) is 7.49. The molecule has 0 heterocycles. The van der Waals surface area contributed by atoms with E-state index in [1.165, 1.54) is 7.11 Å². The average molecular weight is 327 g/mol. The number of nitrogens with one attached hydrogen (secondary N) is 1. The minimum absolute atomic E-state index is 0.0784. The number of hydrogen-bond acceptors (Lipinski definition) is 5. The van der Waals surface area contributed by atoms with Crippen molar-refractivity contribution >= 4 is 11.9 Å². The van der Waals surface area contributed by atoms with Crippen LogP contribution in [0.4, 0.5) is 0 Å². The Morgan fingerprint density at radius 1 is 1.21 bits per heavy atom. The average Bonchev–Trinajstić information content (AvgIpc) is 2.61. The number of rotatable bonds is 5. The van der Waals surface area contributed by atoms with Gasteiger partial charge >= 0.3 is 5.97 Å². The maximum absolute atomic E-state index is 11.7. The summed E-state index contributed by atoms with van der Waals surface area (Å²) in [6.07, 6.45) is 1.04. The number of carbonyl (C=O) groups excluding carboxylic acids is 2. The standard InChI is InChI=1S/C18H21N3O3/c1-24-18(23)16-9-8-14(13-15(16)6-2-10-19)5-4-12-21-17(22)7-3-11-20/h8-9,13H,3,7,10-12,19-20H2,1H3,(H,21,22). The zero-order valence-electron chi connectivity index (χ0n) is 13.6. The van der Waals surface area contributed by atoms with E-state index < -0.39 is 5.97 Å². The van der Waals surface area contributed by atoms with Crippen LogP contribution in [0.15, 0.2) is 18.2 Å². The molecular weight excluding hydrogens is 306 g/mol. The number of nitrogens with two attached hydrogens (primary N) is 2. The van der Waals surface area contributed by atoms with Crippen molar-refractivity contribution in [1.29, 1.82) is 0 Å². The maximum Gasteiger partial charge on any atom is 0.339 e. The number of hydrogen-bond donors (Lipinski definition) is 3. The van der Waals surface area contributed by atoms with Crippen LogP contribution in [-0.2, 0) is 9.53 Å². The van der Waals surface area contributed by atoms with Crippen molar-refractivity contribution in [2.45, 2.75) is 12.8 Å². The minimum atomic E-state index is -0.469. The van der Waals surface area contributed by atoms with E-state index in [1.54, 1.807) is 18.2 Å². The minimum Gasteiger partial charge on any atom is -0.465 e. The van der Waals surface area contributed by atoms with Crippen LogP contribution in [0.3, 0.4) is 0 Å². The molecule has 0 saturated heterocycles. The van der Waals surface area contributed by atoms with Gasteiger partial charge in [-0.1, -0.05) is 23.7 Å². The molecule has 0 aliphatic carbocycles. The summed E-state index contributed by atoms with van der Waals surface area (Å²) in [5.74, 6) is 10.8. The van der Waals surface area contributed by atoms with Gasteiger partial charge in [-0.3, -0.25) is 4.79 Å². The first kappa shape index (κ1) is 19.2. The van der Waals surface area contributed by atoms with Crippen LogP contribution in [-0.4, -0.2) is 38.6 Å². The number of methoxy groups -OCH3 is 1. The normalized spacial score (nSPS) is 9.12. The molecule has 1 amide bonds. The number of carbonyl (C=O) groups is 2. The van der Waals surface area contributed by atoms with Crippen LogP contribution in [0.2, 0.25) is 0 Å². The van der Waals surface area contributed by atoms with Crippen molar-refractivity contribution in [3.8, 4) is 23.7 Å². The Labute approximate surface area is 141 Å². The summed E-state index contributed by atoms with van der Waals surface area (Å²) >= 11 is 0. The maximum atomic E-state index is 11.7. The molecule has 126 valence electrons. The Bertz CT molecular complexity index is 706. The first-order chi connectivity index (χ1) is 11.6. The van der Waals surface area contributed by atoms with Crippen LogP contribution in [0.1, 0.15) is 34.3 Å². The van der Waals surface area contributed by atoms with Crippen LogP contribution >= 0.6 is 0 Å². The highest BCUT2D eigenvalue weighted by molar-refractivity contribution is 5.92. The predicted octanol–water partition coefficient (Wildman–Crippen LogP) is -0.01000. The van der Waals surface area contributed by atoms with E-state index >= 15 is 0 Å². The van der Waals surface area contributed by atoms with Crippen molar-refractivity contribution in [2.24, 2.45) is 11.5 Å². The Hall–Kier alpha value is -2.80. The second-order valence-corrected chi connectivity index (χ2v) is 4.73. The monoisotopic (exact) mass is 327 g/mol. The van der Waals surface area contributed by atoms with Gasteiger partial charge in [-0.15, -0.1) is 0 Å². The SMILES string of the molecule is COC(=O)c1ccc(C#CCNC(=O)CCCN)cc1C#CCN. The van der Waals surface area contributed by atoms with Crippen molar-refractivity contribution in [2.75, 3.05) is 26.7 Å². The van der Waals surface area contributed by atoms with Crippen molar-refractivity contribution in [3.63, 3.8) is 0 Å². The Balaban J connectivity index is 2.81. The molecule has 24 heavy (non-hydrogen) atoms. The molecule has 0 aliphatic rings. The van der Waals surface area contributed by atoms with Crippen molar-refractivity contribution < 1.29 is 14.3 Å². The summed E-state index contributed by atoms with van der Waals surface area (Å²) in [4.78, 5) is 23.1. The van der Waals surface area contributed by atoms with Crippen LogP contribution < -0.4 is 16.8 Å². The lowest BCUT2D eigenvalue weighted by molar-refractivity contribution is -0.120. The summed E-state index contributed by atoms with van der Waals surface area (Å²) < 4.78 is 4.72. The predicted molar refractivity (Wildman–Crippen MR) is 91.9 cm³/mol. The molecule has 0 radical (unpaired) electrons. The second-order valence-electron chi connectivity index (χ2n) is 4.73. The van der Waals surface area contributed by atoms with Gasteiger partial charge < -0.3 is 21.5 Å². The fourth-order valence-corrected chi connectivity index (χ4v) is 1.80. The fraction of sp³-hybridized carbons (Fsp3) is 0.333. The lowest BCUT2D eigenvalue weighted by Crippen LogP contribution is -2.23. The van der Waals surface area contributed by atoms with Crippen LogP contribution in [0.5, 0.6) is 0 Å². The van der Waals surface area contributed by atoms with E-state index in [4.69, 9.17) is 16.2 Å². The van der Waals surface area contributed by atoms with Gasteiger partial charge in [0.1, 0.15) is 0 Å². The molecule has 6 nitrogen and oxygen atoms in total. The summed E-state index contributed by atoms with van der Waals surface area (Å²) in [7, 11) is 1.31. The van der Waals surface area contributed by atoms with Crippen molar-refractivity contribution in [1.82, 2.24) is 5.32 Å². The van der Waals surface area contributed by atoms with E-state index in [0.29, 0.717) is 36.1 Å². The zero-order valence-corrected chi connectivity index (χ0v) is 13.6. The van der Waals surface area contributed by atoms with Crippen LogP contribution in [0.25, 0.3) is 0 Å². The first-order valence-corrected chi connectivity index (χ1v) is 7.49. The number of amides is 1. The molecule has 1 aromatic carbocycles. The van der Waals surface area contributed by atoms with Gasteiger partial charge in [-0.25, -0.2) is 4.79 Å². The van der Waals surface area contributed by atoms with Gasteiger partial charge in [0.25, 0.3) is 0 Å². The third-order valence-electron chi connectivity index (χ3n) is 2.96. The summed E-state index contributed by atoms with van der Waals surface area (Å²) in [5.41, 5.74) is 12.3. The third kappa shape index (κ3) is 6.53. The molecular formula is C18H21N3O3. The molecule has 0 aromatic heterocycles. The summed E-state index contributed by atoms with van der Waals surface area (Å²) in [5, 5.41) is 2.69. The smallest absolute Gasteiger partial charge is 0.339 e. The van der Waals surface area contributed by atoms with Crippen molar-refractivity contribution in [3.05, 3.63) is 34.9 Å². The molecule has 1 rings (SSSR count). The fourth-order valence-electron chi connectivity index (χ4n) is 1.80. The zero-order chi connectivity index (χ0) is 17.8. The molecule has 5 N–H and O–H groups in total. The van der Waals surface area contributed by atoms with E-state index in [9.17, 15) is 9.59 Å². The summed E-state index contributed by atoms with van der Waals surface area (Å²) in [6, 6.07) is 5.00. The highest BCUT2D eigenvalue weighted by atomic mass is 16.5. The summed E-state index contributed by atoms with van der Waals surface area (Å²) in [6.45, 7) is 0.912. The topological polar surface area (TPSA) is 107 Å². The van der Waals surface area contributed by atoms with E-state index in [-0.39, 0.29) is 19.0 Å². The largest absolute Gasteiger partial charge is 0.465 e. The van der Waals surface area contributed by atoms with E-state index in [2.05, 4.69) is 29.0 Å². The molecule has 0 atom stereocenters. The van der Waals surface area contributed by atoms with Gasteiger partial charge in [0.15, 0.2) is 0 Å². The lowest BCUT2D eigenvalue weighted by Gasteiger charge is -2.03. The van der Waals surface area contributed by atoms with Gasteiger partial charge in [-0.2, -0.15) is 0 Å². The van der Waals surface area contributed by atoms with E-state index in [1.807, 2.05) is 0 Å². The van der Waals surface area contributed by atoms with Gasteiger partial charge in [0.05, 0.1) is 25.8 Å². The quantitative estimate of drug-likeness (QED) is 0.521. The highest BCUT2D eigenvalue weighted by Crippen LogP contribution is 2.12. The molecule has 1 aromatic rings. The number of esters is 1. The lowest BCUT2D eigenvalue weighted by atomic mass is 10.0. The van der Waals surface area contributed by atoms with Gasteiger partial charge in [0, 0.05) is 17.5 Å². The number of ether oxygens (including phenoxy) is 1. The molecule has 0 spiro atoms. The molecule has 0 fully saturated rings. The molecule has 0 aliphatic heterocycles. The van der Waals surface area contributed by atoms with Gasteiger partial charge in [0.2, 0.25) is 5.91 Å². The van der Waals surface area contributed by atoms with Crippen LogP contribution in [0, 0.1) is 23.7 Å². The third-order valence-corrected chi connectivity index (χ3v) is 2.96. The molecule has 6 heteroatoms. The van der Waals surface area contributed by atoms with E-state index in [0.717, 1.165) is 0 Å². The molecule has 0 unspecified atom stereocenters.